The molecule has 5 heteroatoms. The second kappa shape index (κ2) is 8.14. The molecule has 1 aliphatic heterocycles. The molecule has 0 fully saturated rings. The minimum absolute atomic E-state index is 0.144. The first kappa shape index (κ1) is 18.8. The topological polar surface area (TPSA) is 52.9 Å². The van der Waals surface area contributed by atoms with Crippen molar-refractivity contribution in [3.63, 3.8) is 0 Å². The van der Waals surface area contributed by atoms with E-state index in [1.54, 1.807) is 0 Å². The minimum Gasteiger partial charge on any atom is -0.365 e. The molecule has 1 N–H and O–H groups in total. The van der Waals surface area contributed by atoms with E-state index >= 15 is 0 Å². The normalized spacial score (nSPS) is 19.5. The van der Waals surface area contributed by atoms with E-state index in [-0.39, 0.29) is 5.91 Å². The molecule has 1 amide bonds. The van der Waals surface area contributed by atoms with Crippen LogP contribution in [-0.2, 0) is 16.9 Å². The fourth-order valence-corrected chi connectivity index (χ4v) is 3.48. The quantitative estimate of drug-likeness (QED) is 0.749. The zero-order valence-electron chi connectivity index (χ0n) is 14.9. The Labute approximate surface area is 162 Å². The summed E-state index contributed by atoms with van der Waals surface area (Å²) in [7, 11) is 0. The number of hydrazone groups is 1. The van der Waals surface area contributed by atoms with E-state index in [4.69, 9.17) is 0 Å². The summed E-state index contributed by atoms with van der Waals surface area (Å²) < 4.78 is 0.931. The van der Waals surface area contributed by atoms with E-state index in [1.807, 2.05) is 49.4 Å². The van der Waals surface area contributed by atoms with Crippen LogP contribution in [0.1, 0.15) is 43.7 Å². The Kier molecular flexibility index (Phi) is 5.89. The van der Waals surface area contributed by atoms with E-state index in [0.29, 0.717) is 24.8 Å². The highest BCUT2D eigenvalue weighted by molar-refractivity contribution is 9.10. The van der Waals surface area contributed by atoms with Crippen molar-refractivity contribution in [2.24, 2.45) is 5.10 Å². The van der Waals surface area contributed by atoms with E-state index in [0.717, 1.165) is 23.0 Å². The Hall–Kier alpha value is -1.98. The smallest absolute Gasteiger partial charge is 0.245 e. The summed E-state index contributed by atoms with van der Waals surface area (Å²) in [6.45, 7) is 1.99. The molecule has 2 aromatic carbocycles. The Bertz CT molecular complexity index is 789. The van der Waals surface area contributed by atoms with Crippen molar-refractivity contribution in [2.45, 2.75) is 44.8 Å². The molecule has 0 aromatic heterocycles. The van der Waals surface area contributed by atoms with Gasteiger partial charge < -0.3 is 5.11 Å². The number of rotatable bonds is 6. The average molecular weight is 415 g/mol. The van der Waals surface area contributed by atoms with Crippen LogP contribution in [-0.4, -0.2) is 21.7 Å². The van der Waals surface area contributed by atoms with Crippen LogP contribution < -0.4 is 0 Å². The summed E-state index contributed by atoms with van der Waals surface area (Å²) in [6.07, 6.45) is 2.99. The van der Waals surface area contributed by atoms with Gasteiger partial charge in [-0.15, -0.1) is 0 Å². The predicted molar refractivity (Wildman–Crippen MR) is 107 cm³/mol. The van der Waals surface area contributed by atoms with E-state index in [1.165, 1.54) is 10.6 Å². The number of carbonyl (C=O) groups excluding carboxylic acids is 1. The summed E-state index contributed by atoms with van der Waals surface area (Å²) >= 11 is 3.41. The van der Waals surface area contributed by atoms with Crippen LogP contribution in [0, 0.1) is 0 Å². The first-order valence-corrected chi connectivity index (χ1v) is 9.74. The molecule has 136 valence electrons. The average Bonchev–Trinajstić information content (AvgIpc) is 3.01. The predicted octanol–water partition coefficient (Wildman–Crippen LogP) is 4.62. The van der Waals surface area contributed by atoms with Gasteiger partial charge in [0.25, 0.3) is 0 Å². The van der Waals surface area contributed by atoms with Crippen LogP contribution in [0.2, 0.25) is 0 Å². The number of halogens is 1. The molecule has 0 bridgehead atoms. The van der Waals surface area contributed by atoms with Gasteiger partial charge in [0, 0.05) is 28.6 Å². The maximum absolute atomic E-state index is 12.8. The highest BCUT2D eigenvalue weighted by Gasteiger charge is 2.45. The summed E-state index contributed by atoms with van der Waals surface area (Å²) in [5.74, 6) is -0.144. The first-order chi connectivity index (χ1) is 12.5. The van der Waals surface area contributed by atoms with Gasteiger partial charge in [0.2, 0.25) is 5.91 Å². The number of hydrogen-bond acceptors (Lipinski definition) is 3. The van der Waals surface area contributed by atoms with Gasteiger partial charge in [0.05, 0.1) is 0 Å². The van der Waals surface area contributed by atoms with Crippen LogP contribution in [0.5, 0.6) is 0 Å². The Morgan fingerprint density at radius 3 is 2.54 bits per heavy atom. The number of benzene rings is 2. The van der Waals surface area contributed by atoms with Gasteiger partial charge in [0.1, 0.15) is 0 Å². The van der Waals surface area contributed by atoms with E-state index in [2.05, 4.69) is 33.2 Å². The van der Waals surface area contributed by atoms with Crippen LogP contribution in [0.3, 0.4) is 0 Å². The number of aliphatic hydroxyl groups is 1. The van der Waals surface area contributed by atoms with E-state index < -0.39 is 5.72 Å². The second-order valence-electron chi connectivity index (χ2n) is 6.56. The van der Waals surface area contributed by atoms with Crippen molar-refractivity contribution >= 4 is 27.5 Å². The van der Waals surface area contributed by atoms with Gasteiger partial charge in [-0.1, -0.05) is 65.3 Å². The first-order valence-electron chi connectivity index (χ1n) is 8.94. The molecule has 26 heavy (non-hydrogen) atoms. The molecule has 1 heterocycles. The largest absolute Gasteiger partial charge is 0.365 e. The summed E-state index contributed by atoms with van der Waals surface area (Å²) in [4.78, 5) is 12.8. The molecule has 0 aliphatic carbocycles. The highest BCUT2D eigenvalue weighted by Crippen LogP contribution is 2.37. The van der Waals surface area contributed by atoms with Crippen molar-refractivity contribution in [2.75, 3.05) is 0 Å². The monoisotopic (exact) mass is 414 g/mol. The summed E-state index contributed by atoms with van der Waals surface area (Å²) in [5, 5.41) is 17.0. The van der Waals surface area contributed by atoms with Gasteiger partial charge in [-0.2, -0.15) is 10.1 Å². The highest BCUT2D eigenvalue weighted by atomic mass is 79.9. The Morgan fingerprint density at radius 2 is 1.88 bits per heavy atom. The van der Waals surface area contributed by atoms with Crippen LogP contribution in [0.4, 0.5) is 0 Å². The lowest BCUT2D eigenvalue weighted by Gasteiger charge is -2.31. The standard InChI is InChI=1S/C21H23BrN2O2/c1-2-19-15-21(26,17-11-13-18(22)14-12-17)24(23-19)20(25)10-6-9-16-7-4-3-5-8-16/h3-5,7-8,11-14,26H,2,6,9-10,15H2,1H3/t21-/m0/s1. The molecule has 3 rings (SSSR count). The molecule has 0 saturated carbocycles. The fraction of sp³-hybridized carbons (Fsp3) is 0.333. The van der Waals surface area contributed by atoms with Crippen LogP contribution >= 0.6 is 15.9 Å². The third kappa shape index (κ3) is 4.05. The number of hydrogen-bond donors (Lipinski definition) is 1. The van der Waals surface area contributed by atoms with Crippen molar-refractivity contribution in [3.8, 4) is 0 Å². The molecule has 0 spiro atoms. The van der Waals surface area contributed by atoms with Gasteiger partial charge in [-0.25, -0.2) is 0 Å². The third-order valence-corrected chi connectivity index (χ3v) is 5.22. The molecule has 0 unspecified atom stereocenters. The molecule has 0 saturated heterocycles. The van der Waals surface area contributed by atoms with Crippen molar-refractivity contribution < 1.29 is 9.90 Å². The fourth-order valence-electron chi connectivity index (χ4n) is 3.21. The molecule has 1 atom stereocenters. The van der Waals surface area contributed by atoms with Gasteiger partial charge in [-0.05, 0) is 37.0 Å². The van der Waals surface area contributed by atoms with Crippen molar-refractivity contribution in [3.05, 3.63) is 70.2 Å². The lowest BCUT2D eigenvalue weighted by atomic mass is 9.96. The molecule has 2 aromatic rings. The lowest BCUT2D eigenvalue weighted by Crippen LogP contribution is -2.43. The van der Waals surface area contributed by atoms with Crippen LogP contribution in [0.25, 0.3) is 0 Å². The third-order valence-electron chi connectivity index (χ3n) is 4.69. The lowest BCUT2D eigenvalue weighted by molar-refractivity contribution is -0.157. The Morgan fingerprint density at radius 1 is 1.19 bits per heavy atom. The molecule has 0 radical (unpaired) electrons. The minimum atomic E-state index is -1.39. The van der Waals surface area contributed by atoms with Gasteiger partial charge in [0.15, 0.2) is 5.72 Å². The number of carbonyl (C=O) groups is 1. The van der Waals surface area contributed by atoms with Crippen molar-refractivity contribution in [1.29, 1.82) is 0 Å². The zero-order chi connectivity index (χ0) is 18.6. The second-order valence-corrected chi connectivity index (χ2v) is 7.48. The maximum Gasteiger partial charge on any atom is 0.245 e. The molecular weight excluding hydrogens is 392 g/mol. The molecular formula is C21H23BrN2O2. The number of amides is 1. The number of aryl methyl sites for hydroxylation is 1. The van der Waals surface area contributed by atoms with Gasteiger partial charge in [-0.3, -0.25) is 4.79 Å². The summed E-state index contributed by atoms with van der Waals surface area (Å²) in [6, 6.07) is 17.5. The SMILES string of the molecule is CCC1=NN(C(=O)CCCc2ccccc2)[C@@](O)(c2ccc(Br)cc2)C1. The number of nitrogens with zero attached hydrogens (tertiary/aromatic N) is 2. The molecule has 1 aliphatic rings. The molecule has 4 nitrogen and oxygen atoms in total. The zero-order valence-corrected chi connectivity index (χ0v) is 16.4. The van der Waals surface area contributed by atoms with Crippen molar-refractivity contribution in [1.82, 2.24) is 5.01 Å². The van der Waals surface area contributed by atoms with E-state index in [9.17, 15) is 9.90 Å². The van der Waals surface area contributed by atoms with Gasteiger partial charge >= 0.3 is 0 Å². The maximum atomic E-state index is 12.8. The summed E-state index contributed by atoms with van der Waals surface area (Å²) in [5.41, 5.74) is 1.34. The van der Waals surface area contributed by atoms with Crippen LogP contribution in [0.15, 0.2) is 64.2 Å². The Balaban J connectivity index is 1.72.